The van der Waals surface area contributed by atoms with Gasteiger partial charge in [0.1, 0.15) is 0 Å². The molecule has 0 radical (unpaired) electrons. The fourth-order valence-electron chi connectivity index (χ4n) is 3.95. The molecular weight excluding hydrogens is 382 g/mol. The van der Waals surface area contributed by atoms with Gasteiger partial charge in [-0.05, 0) is 30.2 Å². The number of ether oxygens (including phenoxy) is 1. The summed E-state index contributed by atoms with van der Waals surface area (Å²) in [5.74, 6) is -0.751. The number of anilines is 2. The maximum Gasteiger partial charge on any atom is 0.422 e. The molecular formula is C23H25N3O4. The average Bonchev–Trinajstić information content (AvgIpc) is 3.22. The smallest absolute Gasteiger partial charge is 0.376 e. The first-order chi connectivity index (χ1) is 14.6. The zero-order valence-corrected chi connectivity index (χ0v) is 16.8. The predicted octanol–water partition coefficient (Wildman–Crippen LogP) is 2.84. The summed E-state index contributed by atoms with van der Waals surface area (Å²) in [5, 5.41) is 0. The molecule has 156 valence electrons. The molecule has 0 aliphatic carbocycles. The van der Waals surface area contributed by atoms with Crippen LogP contribution in [0.2, 0.25) is 0 Å². The molecule has 2 heterocycles. The van der Waals surface area contributed by atoms with E-state index in [2.05, 4.69) is 17.0 Å². The molecule has 0 saturated carbocycles. The number of para-hydroxylation sites is 2. The van der Waals surface area contributed by atoms with Crippen LogP contribution in [0.5, 0.6) is 0 Å². The van der Waals surface area contributed by atoms with Gasteiger partial charge in [-0.2, -0.15) is 0 Å². The molecule has 0 unspecified atom stereocenters. The van der Waals surface area contributed by atoms with Gasteiger partial charge in [0.2, 0.25) is 5.91 Å². The Bertz CT molecular complexity index is 923. The summed E-state index contributed by atoms with van der Waals surface area (Å²) < 4.78 is 4.97. The van der Waals surface area contributed by atoms with Crippen molar-refractivity contribution >= 4 is 29.3 Å². The Morgan fingerprint density at radius 3 is 2.27 bits per heavy atom. The summed E-state index contributed by atoms with van der Waals surface area (Å²) in [6.45, 7) is 3.24. The highest BCUT2D eigenvalue weighted by atomic mass is 16.6. The normalized spacial score (nSPS) is 15.7. The Labute approximate surface area is 175 Å². The summed E-state index contributed by atoms with van der Waals surface area (Å²) in [7, 11) is 0. The van der Waals surface area contributed by atoms with Crippen LogP contribution in [0.3, 0.4) is 0 Å². The van der Waals surface area contributed by atoms with Crippen molar-refractivity contribution in [2.24, 2.45) is 0 Å². The minimum atomic E-state index is -0.672. The molecule has 7 heteroatoms. The van der Waals surface area contributed by atoms with Crippen molar-refractivity contribution in [1.29, 1.82) is 0 Å². The van der Waals surface area contributed by atoms with Gasteiger partial charge in [0.15, 0.2) is 0 Å². The number of nitrogens with zero attached hydrogens (tertiary/aromatic N) is 3. The number of rotatable bonds is 4. The number of hydrogen-bond acceptors (Lipinski definition) is 5. The van der Waals surface area contributed by atoms with Crippen LogP contribution in [0.25, 0.3) is 0 Å². The zero-order chi connectivity index (χ0) is 20.9. The van der Waals surface area contributed by atoms with Crippen molar-refractivity contribution in [2.75, 3.05) is 42.5 Å². The average molecular weight is 407 g/mol. The molecule has 4 rings (SSSR count). The lowest BCUT2D eigenvalue weighted by molar-refractivity contribution is -0.141. The SMILES string of the molecule is O=C(CCC(=O)N1CCN(c2ccccc2)CC1)OC(=O)N1CCc2ccccc21. The van der Waals surface area contributed by atoms with Crippen molar-refractivity contribution in [1.82, 2.24) is 4.90 Å². The van der Waals surface area contributed by atoms with Crippen molar-refractivity contribution in [3.8, 4) is 0 Å². The Kier molecular flexibility index (Phi) is 5.97. The maximum atomic E-state index is 12.5. The number of fused-ring (bicyclic) bond motifs is 1. The van der Waals surface area contributed by atoms with E-state index in [0.717, 1.165) is 36.4 Å². The summed E-state index contributed by atoms with van der Waals surface area (Å²) in [6, 6.07) is 17.7. The maximum absolute atomic E-state index is 12.5. The molecule has 2 aromatic carbocycles. The molecule has 7 nitrogen and oxygen atoms in total. The van der Waals surface area contributed by atoms with Gasteiger partial charge in [0.25, 0.3) is 0 Å². The van der Waals surface area contributed by atoms with Crippen LogP contribution < -0.4 is 9.80 Å². The number of esters is 1. The molecule has 1 saturated heterocycles. The quantitative estimate of drug-likeness (QED) is 0.576. The monoisotopic (exact) mass is 407 g/mol. The number of carbonyl (C=O) groups excluding carboxylic acids is 3. The number of amides is 2. The van der Waals surface area contributed by atoms with E-state index in [0.29, 0.717) is 19.6 Å². The van der Waals surface area contributed by atoms with Crippen molar-refractivity contribution in [3.05, 3.63) is 60.2 Å². The van der Waals surface area contributed by atoms with Crippen LogP contribution in [0.1, 0.15) is 18.4 Å². The molecule has 2 aliphatic rings. The Morgan fingerprint density at radius 1 is 0.800 bits per heavy atom. The van der Waals surface area contributed by atoms with Crippen LogP contribution in [0, 0.1) is 0 Å². The molecule has 0 bridgehead atoms. The number of hydrogen-bond donors (Lipinski definition) is 0. The minimum Gasteiger partial charge on any atom is -0.376 e. The molecule has 1 fully saturated rings. The fourth-order valence-corrected chi connectivity index (χ4v) is 3.95. The number of benzene rings is 2. The topological polar surface area (TPSA) is 70.2 Å². The molecule has 0 N–H and O–H groups in total. The molecule has 2 aromatic rings. The van der Waals surface area contributed by atoms with Crippen LogP contribution >= 0.6 is 0 Å². The first-order valence-corrected chi connectivity index (χ1v) is 10.3. The third-order valence-corrected chi connectivity index (χ3v) is 5.61. The van der Waals surface area contributed by atoms with Crippen molar-refractivity contribution in [3.63, 3.8) is 0 Å². The lowest BCUT2D eigenvalue weighted by Crippen LogP contribution is -2.48. The van der Waals surface area contributed by atoms with Gasteiger partial charge in [0, 0.05) is 44.8 Å². The molecule has 30 heavy (non-hydrogen) atoms. The largest absolute Gasteiger partial charge is 0.422 e. The Morgan fingerprint density at radius 2 is 1.50 bits per heavy atom. The highest BCUT2D eigenvalue weighted by Gasteiger charge is 2.28. The van der Waals surface area contributed by atoms with E-state index in [4.69, 9.17) is 4.74 Å². The van der Waals surface area contributed by atoms with E-state index in [-0.39, 0.29) is 18.7 Å². The second-order valence-corrected chi connectivity index (χ2v) is 7.47. The summed E-state index contributed by atoms with van der Waals surface area (Å²) in [4.78, 5) is 42.4. The van der Waals surface area contributed by atoms with Crippen LogP contribution in [0.4, 0.5) is 16.2 Å². The van der Waals surface area contributed by atoms with E-state index >= 15 is 0 Å². The second-order valence-electron chi connectivity index (χ2n) is 7.47. The van der Waals surface area contributed by atoms with Gasteiger partial charge in [0.05, 0.1) is 12.1 Å². The van der Waals surface area contributed by atoms with Gasteiger partial charge < -0.3 is 14.5 Å². The Hall–Kier alpha value is -3.35. The highest BCUT2D eigenvalue weighted by Crippen LogP contribution is 2.28. The van der Waals surface area contributed by atoms with Crippen LogP contribution in [-0.4, -0.2) is 55.6 Å². The standard InChI is InChI=1S/C23H25N3O4/c27-21(25-16-14-24(15-17-25)19-7-2-1-3-8-19)10-11-22(28)30-23(29)26-13-12-18-6-4-5-9-20(18)26/h1-9H,10-17H2. The molecule has 0 aromatic heterocycles. The lowest BCUT2D eigenvalue weighted by Gasteiger charge is -2.36. The summed E-state index contributed by atoms with van der Waals surface area (Å²) in [5.41, 5.74) is 2.99. The van der Waals surface area contributed by atoms with Crippen molar-refractivity contribution < 1.29 is 19.1 Å². The molecule has 2 aliphatic heterocycles. The minimum absolute atomic E-state index is 0.0496. The highest BCUT2D eigenvalue weighted by molar-refractivity contribution is 5.97. The van der Waals surface area contributed by atoms with Gasteiger partial charge in [-0.1, -0.05) is 36.4 Å². The number of piperazine rings is 1. The third kappa shape index (κ3) is 4.45. The van der Waals surface area contributed by atoms with E-state index < -0.39 is 12.1 Å². The van der Waals surface area contributed by atoms with Crippen LogP contribution in [0.15, 0.2) is 54.6 Å². The number of carbonyl (C=O) groups is 3. The van der Waals surface area contributed by atoms with E-state index in [1.54, 1.807) is 4.90 Å². The van der Waals surface area contributed by atoms with Crippen LogP contribution in [-0.2, 0) is 20.7 Å². The summed E-state index contributed by atoms with van der Waals surface area (Å²) in [6.07, 6.45) is 0.0220. The van der Waals surface area contributed by atoms with Gasteiger partial charge >= 0.3 is 12.1 Å². The van der Waals surface area contributed by atoms with E-state index in [1.165, 1.54) is 4.90 Å². The van der Waals surface area contributed by atoms with E-state index in [1.807, 2.05) is 42.5 Å². The predicted molar refractivity (Wildman–Crippen MR) is 113 cm³/mol. The fraction of sp³-hybridized carbons (Fsp3) is 0.348. The van der Waals surface area contributed by atoms with Gasteiger partial charge in [-0.15, -0.1) is 0 Å². The van der Waals surface area contributed by atoms with Gasteiger partial charge in [-0.25, -0.2) is 4.79 Å². The second kappa shape index (κ2) is 8.98. The first-order valence-electron chi connectivity index (χ1n) is 10.3. The van der Waals surface area contributed by atoms with Gasteiger partial charge in [-0.3, -0.25) is 14.5 Å². The molecule has 0 spiro atoms. The lowest BCUT2D eigenvalue weighted by atomic mass is 10.2. The summed E-state index contributed by atoms with van der Waals surface area (Å²) >= 11 is 0. The first kappa shape index (κ1) is 19.9. The van der Waals surface area contributed by atoms with E-state index in [9.17, 15) is 14.4 Å². The third-order valence-electron chi connectivity index (χ3n) is 5.61. The molecule has 2 amide bonds. The Balaban J connectivity index is 1.21. The zero-order valence-electron chi connectivity index (χ0n) is 16.8. The molecule has 0 atom stereocenters. The van der Waals surface area contributed by atoms with Crippen molar-refractivity contribution in [2.45, 2.75) is 19.3 Å².